The lowest BCUT2D eigenvalue weighted by Crippen LogP contribution is -2.14. The average molecular weight is 329 g/mol. The Kier molecular flexibility index (Phi) is 4.46. The summed E-state index contributed by atoms with van der Waals surface area (Å²) < 4.78 is 7.68. The number of rotatable bonds is 6. The number of nitrogens with zero attached hydrogens (tertiary/aromatic N) is 2. The van der Waals surface area contributed by atoms with Crippen LogP contribution in [-0.4, -0.2) is 27.0 Å². The van der Waals surface area contributed by atoms with Crippen molar-refractivity contribution < 1.29 is 14.6 Å². The van der Waals surface area contributed by atoms with Crippen LogP contribution < -0.4 is 10.1 Å². The van der Waals surface area contributed by atoms with Crippen molar-refractivity contribution in [1.29, 1.82) is 0 Å². The number of aromatic carboxylic acids is 1. The highest BCUT2D eigenvalue weighted by atomic mass is 16.5. The maximum atomic E-state index is 11.5. The molecule has 0 spiro atoms. The second-order valence-electron chi connectivity index (χ2n) is 6.36. The van der Waals surface area contributed by atoms with E-state index >= 15 is 0 Å². The zero-order chi connectivity index (χ0) is 17.3. The van der Waals surface area contributed by atoms with Crippen LogP contribution in [0.25, 0.3) is 0 Å². The number of aryl methyl sites for hydroxylation is 2. The predicted octanol–water partition coefficient (Wildman–Crippen LogP) is 3.01. The van der Waals surface area contributed by atoms with Gasteiger partial charge in [0.2, 0.25) is 0 Å². The summed E-state index contributed by atoms with van der Waals surface area (Å²) >= 11 is 0. The van der Waals surface area contributed by atoms with Crippen LogP contribution in [0.3, 0.4) is 0 Å². The molecule has 0 unspecified atom stereocenters. The summed E-state index contributed by atoms with van der Waals surface area (Å²) in [6, 6.07) is 5.14. The van der Waals surface area contributed by atoms with E-state index in [1.54, 1.807) is 12.1 Å². The van der Waals surface area contributed by atoms with Gasteiger partial charge in [0.25, 0.3) is 0 Å². The quantitative estimate of drug-likeness (QED) is 0.852. The molecule has 1 heterocycles. The molecule has 6 nitrogen and oxygen atoms in total. The van der Waals surface area contributed by atoms with Crippen LogP contribution in [0, 0.1) is 0 Å². The SMILES string of the molecule is CC(C)Oc1c(NCc2c3c(nn2C)CCC3)cccc1C(=O)O. The number of nitrogens with one attached hydrogen (secondary N) is 1. The van der Waals surface area contributed by atoms with Gasteiger partial charge in [-0.15, -0.1) is 0 Å². The molecule has 2 aromatic rings. The normalized spacial score (nSPS) is 13.2. The molecule has 0 saturated heterocycles. The molecule has 0 bridgehead atoms. The standard InChI is InChI=1S/C18H23N3O3/c1-11(2)24-17-13(18(22)23)7-5-9-15(17)19-10-16-12-6-4-8-14(12)20-21(16)3/h5,7,9,11,19H,4,6,8,10H2,1-3H3,(H,22,23). The van der Waals surface area contributed by atoms with Gasteiger partial charge < -0.3 is 15.2 Å². The van der Waals surface area contributed by atoms with Gasteiger partial charge in [0.05, 0.1) is 29.7 Å². The number of benzene rings is 1. The van der Waals surface area contributed by atoms with Gasteiger partial charge in [-0.3, -0.25) is 4.68 Å². The zero-order valence-corrected chi connectivity index (χ0v) is 14.3. The Balaban J connectivity index is 1.87. The number of para-hydroxylation sites is 1. The van der Waals surface area contributed by atoms with E-state index in [4.69, 9.17) is 4.74 Å². The Labute approximate surface area is 141 Å². The largest absolute Gasteiger partial charge is 0.488 e. The van der Waals surface area contributed by atoms with Crippen molar-refractivity contribution in [2.24, 2.45) is 7.05 Å². The maximum Gasteiger partial charge on any atom is 0.339 e. The number of aromatic nitrogens is 2. The van der Waals surface area contributed by atoms with Gasteiger partial charge >= 0.3 is 5.97 Å². The molecule has 0 radical (unpaired) electrons. The number of ether oxygens (including phenoxy) is 1. The lowest BCUT2D eigenvalue weighted by Gasteiger charge is -2.18. The molecule has 1 aromatic heterocycles. The minimum absolute atomic E-state index is 0.105. The van der Waals surface area contributed by atoms with Crippen molar-refractivity contribution in [3.63, 3.8) is 0 Å². The fourth-order valence-electron chi connectivity index (χ4n) is 3.19. The summed E-state index contributed by atoms with van der Waals surface area (Å²) in [5.74, 6) is -0.602. The summed E-state index contributed by atoms with van der Waals surface area (Å²) in [5.41, 5.74) is 4.53. The monoisotopic (exact) mass is 329 g/mol. The third-order valence-corrected chi connectivity index (χ3v) is 4.24. The second-order valence-corrected chi connectivity index (χ2v) is 6.36. The highest BCUT2D eigenvalue weighted by Crippen LogP contribution is 2.31. The molecule has 0 saturated carbocycles. The summed E-state index contributed by atoms with van der Waals surface area (Å²) in [7, 11) is 1.95. The molecule has 0 fully saturated rings. The predicted molar refractivity (Wildman–Crippen MR) is 91.7 cm³/mol. The summed E-state index contributed by atoms with van der Waals surface area (Å²) in [6.07, 6.45) is 3.15. The highest BCUT2D eigenvalue weighted by molar-refractivity contribution is 5.93. The van der Waals surface area contributed by atoms with Gasteiger partial charge in [-0.1, -0.05) is 6.07 Å². The minimum atomic E-state index is -0.990. The number of carboxylic acids is 1. The summed E-state index contributed by atoms with van der Waals surface area (Å²) in [5, 5.41) is 17.3. The lowest BCUT2D eigenvalue weighted by atomic mass is 10.1. The van der Waals surface area contributed by atoms with Crippen LogP contribution in [0.5, 0.6) is 5.75 Å². The topological polar surface area (TPSA) is 76.4 Å². The fraction of sp³-hybridized carbons (Fsp3) is 0.444. The van der Waals surface area contributed by atoms with Crippen LogP contribution in [0.1, 0.15) is 47.6 Å². The lowest BCUT2D eigenvalue weighted by molar-refractivity contribution is 0.0690. The number of carboxylic acid groups (broad SMARTS) is 1. The minimum Gasteiger partial charge on any atom is -0.488 e. The average Bonchev–Trinajstić information content (AvgIpc) is 3.06. The molecule has 128 valence electrons. The number of carbonyl (C=O) groups is 1. The van der Waals surface area contributed by atoms with E-state index in [2.05, 4.69) is 10.4 Å². The van der Waals surface area contributed by atoms with Crippen LogP contribution in [0.2, 0.25) is 0 Å². The van der Waals surface area contributed by atoms with E-state index in [0.29, 0.717) is 18.0 Å². The maximum absolute atomic E-state index is 11.5. The van der Waals surface area contributed by atoms with Crippen molar-refractivity contribution in [3.8, 4) is 5.75 Å². The molecular formula is C18H23N3O3. The second kappa shape index (κ2) is 6.55. The third kappa shape index (κ3) is 3.09. The van der Waals surface area contributed by atoms with Crippen molar-refractivity contribution in [2.45, 2.75) is 45.8 Å². The molecule has 2 N–H and O–H groups in total. The van der Waals surface area contributed by atoms with Crippen molar-refractivity contribution >= 4 is 11.7 Å². The number of anilines is 1. The Morgan fingerprint density at radius 2 is 2.21 bits per heavy atom. The number of fused-ring (bicyclic) bond motifs is 1. The molecule has 24 heavy (non-hydrogen) atoms. The van der Waals surface area contributed by atoms with Crippen LogP contribution in [-0.2, 0) is 26.4 Å². The van der Waals surface area contributed by atoms with Gasteiger partial charge in [0.1, 0.15) is 5.56 Å². The van der Waals surface area contributed by atoms with Crippen LogP contribution in [0.15, 0.2) is 18.2 Å². The smallest absolute Gasteiger partial charge is 0.339 e. The van der Waals surface area contributed by atoms with E-state index in [-0.39, 0.29) is 11.7 Å². The Hall–Kier alpha value is -2.50. The molecule has 0 amide bonds. The van der Waals surface area contributed by atoms with Gasteiger partial charge in [-0.05, 0) is 50.8 Å². The molecule has 1 aliphatic rings. The van der Waals surface area contributed by atoms with Gasteiger partial charge in [0.15, 0.2) is 5.75 Å². The summed E-state index contributed by atoms with van der Waals surface area (Å²) in [4.78, 5) is 11.5. The Bertz CT molecular complexity index is 765. The first kappa shape index (κ1) is 16.4. The molecule has 0 aliphatic heterocycles. The molecular weight excluding hydrogens is 306 g/mol. The fourth-order valence-corrected chi connectivity index (χ4v) is 3.19. The molecule has 6 heteroatoms. The van der Waals surface area contributed by atoms with Crippen molar-refractivity contribution in [2.75, 3.05) is 5.32 Å². The first-order valence-corrected chi connectivity index (χ1v) is 8.27. The van der Waals surface area contributed by atoms with E-state index < -0.39 is 5.97 Å². The Morgan fingerprint density at radius 1 is 1.42 bits per heavy atom. The van der Waals surface area contributed by atoms with Gasteiger partial charge in [0, 0.05) is 7.05 Å². The van der Waals surface area contributed by atoms with E-state index in [1.165, 1.54) is 11.3 Å². The summed E-state index contributed by atoms with van der Waals surface area (Å²) in [6.45, 7) is 4.36. The van der Waals surface area contributed by atoms with Gasteiger partial charge in [-0.25, -0.2) is 4.79 Å². The van der Waals surface area contributed by atoms with Crippen LogP contribution in [0.4, 0.5) is 5.69 Å². The first-order chi connectivity index (χ1) is 11.5. The number of hydrogen-bond donors (Lipinski definition) is 2. The first-order valence-electron chi connectivity index (χ1n) is 8.27. The molecule has 3 rings (SSSR count). The molecule has 1 aliphatic carbocycles. The van der Waals surface area contributed by atoms with E-state index in [1.807, 2.05) is 31.6 Å². The zero-order valence-electron chi connectivity index (χ0n) is 14.3. The van der Waals surface area contributed by atoms with Crippen LogP contribution >= 0.6 is 0 Å². The van der Waals surface area contributed by atoms with Crippen molar-refractivity contribution in [1.82, 2.24) is 9.78 Å². The third-order valence-electron chi connectivity index (χ3n) is 4.24. The molecule has 1 aromatic carbocycles. The Morgan fingerprint density at radius 3 is 2.92 bits per heavy atom. The van der Waals surface area contributed by atoms with Crippen molar-refractivity contribution in [3.05, 3.63) is 40.7 Å². The highest BCUT2D eigenvalue weighted by Gasteiger charge is 2.21. The molecule has 0 atom stereocenters. The van der Waals surface area contributed by atoms with Gasteiger partial charge in [-0.2, -0.15) is 5.10 Å². The number of hydrogen-bond acceptors (Lipinski definition) is 4. The van der Waals surface area contributed by atoms with E-state index in [9.17, 15) is 9.90 Å². The van der Waals surface area contributed by atoms with E-state index in [0.717, 1.165) is 25.0 Å².